The van der Waals surface area contributed by atoms with Gasteiger partial charge in [-0.25, -0.2) is 31.9 Å². The van der Waals surface area contributed by atoms with Crippen LogP contribution < -0.4 is 29.3 Å². The van der Waals surface area contributed by atoms with E-state index in [1.54, 1.807) is 24.3 Å². The fourth-order valence-corrected chi connectivity index (χ4v) is 4.52. The molecule has 0 spiro atoms. The van der Waals surface area contributed by atoms with Crippen molar-refractivity contribution in [1.82, 2.24) is 19.9 Å². The van der Waals surface area contributed by atoms with Crippen molar-refractivity contribution in [3.05, 3.63) is 65.6 Å². The molecule has 2 heterocycles. The molecule has 38 heavy (non-hydrogen) atoms. The molecule has 2 aromatic heterocycles. The molecule has 0 saturated heterocycles. The Balaban J connectivity index is 0.00000400. The normalized spacial score (nSPS) is 17.0. The Bertz CT molecular complexity index is 1230. The van der Waals surface area contributed by atoms with Crippen LogP contribution in [0.2, 0.25) is 0 Å². The number of aromatic nitrogens is 3. The molecule has 3 aromatic rings. The fourth-order valence-electron chi connectivity index (χ4n) is 4.52. The molecule has 1 fully saturated rings. The van der Waals surface area contributed by atoms with E-state index in [2.05, 4.69) is 15.4 Å². The summed E-state index contributed by atoms with van der Waals surface area (Å²) in [5, 5.41) is 18.2. The number of benzene rings is 1. The van der Waals surface area contributed by atoms with E-state index in [4.69, 9.17) is 4.74 Å². The molecule has 1 unspecified atom stereocenters. The van der Waals surface area contributed by atoms with Crippen molar-refractivity contribution in [2.24, 2.45) is 5.92 Å². The van der Waals surface area contributed by atoms with Crippen LogP contribution >= 0.6 is 0 Å². The minimum Gasteiger partial charge on any atom is -0.549 e. The molecule has 1 aliphatic carbocycles. The number of carbonyl (C=O) groups is 2. The number of carboxylic acids is 1. The van der Waals surface area contributed by atoms with Gasteiger partial charge in [0, 0.05) is 31.1 Å². The maximum atomic E-state index is 13.8. The van der Waals surface area contributed by atoms with Gasteiger partial charge in [0.1, 0.15) is 6.61 Å². The Morgan fingerprint density at radius 3 is 2.50 bits per heavy atom. The number of alkyl carbamates (subject to hydrolysis) is 1. The number of fused-ring (bicyclic) bond motifs is 1. The molecule has 8 nitrogen and oxygen atoms in total. The van der Waals surface area contributed by atoms with Crippen molar-refractivity contribution in [3.63, 3.8) is 0 Å². The van der Waals surface area contributed by atoms with Gasteiger partial charge in [0.05, 0.1) is 24.1 Å². The summed E-state index contributed by atoms with van der Waals surface area (Å²) in [5.41, 5.74) is 1.21. The van der Waals surface area contributed by atoms with Crippen molar-refractivity contribution in [2.75, 3.05) is 0 Å². The van der Waals surface area contributed by atoms with Gasteiger partial charge in [0.25, 0.3) is 0 Å². The van der Waals surface area contributed by atoms with Crippen molar-refractivity contribution in [3.8, 4) is 0 Å². The average Bonchev–Trinajstić information content (AvgIpc) is 3.28. The molecule has 0 bridgehead atoms. The van der Waals surface area contributed by atoms with Gasteiger partial charge in [0.15, 0.2) is 5.65 Å². The average molecular weight is 528 g/mol. The molecule has 1 saturated carbocycles. The van der Waals surface area contributed by atoms with Crippen molar-refractivity contribution < 1.29 is 55.9 Å². The zero-order valence-corrected chi connectivity index (χ0v) is 20.7. The minimum atomic E-state index is -2.87. The maximum absolute atomic E-state index is 13.8. The van der Waals surface area contributed by atoms with E-state index < -0.39 is 42.8 Å². The number of nitrogens with one attached hydrogen (secondary N) is 1. The van der Waals surface area contributed by atoms with E-state index in [1.165, 1.54) is 16.8 Å². The summed E-state index contributed by atoms with van der Waals surface area (Å²) in [6.45, 7) is 0.00691. The van der Waals surface area contributed by atoms with Gasteiger partial charge in [-0.15, -0.1) is 0 Å². The topological polar surface area (TPSA) is 109 Å². The Labute approximate surface area is 227 Å². The number of aliphatic carboxylic acids is 1. The predicted molar refractivity (Wildman–Crippen MR) is 121 cm³/mol. The summed E-state index contributed by atoms with van der Waals surface area (Å²) in [4.78, 5) is 28.5. The second kappa shape index (κ2) is 12.6. The first kappa shape index (κ1) is 29.5. The van der Waals surface area contributed by atoms with Crippen molar-refractivity contribution in [1.29, 1.82) is 0 Å². The third-order valence-corrected chi connectivity index (χ3v) is 6.50. The third-order valence-electron chi connectivity index (χ3n) is 6.50. The molecule has 0 radical (unpaired) electrons. The molecule has 0 aliphatic heterocycles. The van der Waals surface area contributed by atoms with E-state index in [9.17, 15) is 32.3 Å². The summed E-state index contributed by atoms with van der Waals surface area (Å²) in [7, 11) is 0. The van der Waals surface area contributed by atoms with Crippen molar-refractivity contribution >= 4 is 17.7 Å². The minimum absolute atomic E-state index is 0. The van der Waals surface area contributed by atoms with Crippen LogP contribution in [0.4, 0.5) is 22.4 Å². The second-order valence-electron chi connectivity index (χ2n) is 9.13. The summed E-state index contributed by atoms with van der Waals surface area (Å²) >= 11 is 0. The number of nitrogens with zero attached hydrogens (tertiary/aromatic N) is 3. The molecule has 13 heteroatoms. The number of ether oxygens (including phenoxy) is 1. The number of carboxylic acid groups (broad SMARTS) is 1. The van der Waals surface area contributed by atoms with Crippen LogP contribution in [0.1, 0.15) is 60.9 Å². The maximum Gasteiger partial charge on any atom is 1.00 e. The van der Waals surface area contributed by atoms with Gasteiger partial charge >= 0.3 is 25.0 Å². The Morgan fingerprint density at radius 2 is 1.87 bits per heavy atom. The van der Waals surface area contributed by atoms with E-state index >= 15 is 0 Å². The van der Waals surface area contributed by atoms with Gasteiger partial charge in [-0.2, -0.15) is 5.10 Å². The van der Waals surface area contributed by atoms with Gasteiger partial charge in [0.2, 0.25) is 12.3 Å². The summed E-state index contributed by atoms with van der Waals surface area (Å²) in [6, 6.07) is 9.50. The molecular formula is C25H25F4LiN4O4. The van der Waals surface area contributed by atoms with Gasteiger partial charge in [-0.05, 0) is 36.0 Å². The summed E-state index contributed by atoms with van der Waals surface area (Å²) < 4.78 is 60.0. The number of halogens is 4. The van der Waals surface area contributed by atoms with Gasteiger partial charge in [-0.3, -0.25) is 0 Å². The predicted octanol–water partition coefficient (Wildman–Crippen LogP) is 1.01. The van der Waals surface area contributed by atoms with Gasteiger partial charge in [-0.1, -0.05) is 30.3 Å². The zero-order valence-electron chi connectivity index (χ0n) is 20.7. The molecular weight excluding hydrogens is 503 g/mol. The Hall–Kier alpha value is -3.10. The van der Waals surface area contributed by atoms with E-state index in [-0.39, 0.29) is 68.3 Å². The number of hydrogen-bond acceptors (Lipinski definition) is 6. The van der Waals surface area contributed by atoms with Crippen LogP contribution in [0.25, 0.3) is 5.65 Å². The standard InChI is InChI=1S/C25H26F4N4O4.Li/c26-20(27)11-18(23(34)35)17-10-21-31-19(13-33(21)30-12-17)22(16-6-8-25(28,29)9-7-16)32-24(36)37-14-15-4-2-1-3-5-15;/h1-5,10,12-13,16,18,20,22H,6-9,11,14H2,(H,32,36)(H,34,35);/q;+1/p-1/t18?,22-;/m0./s1. The van der Waals surface area contributed by atoms with E-state index in [0.29, 0.717) is 5.69 Å². The quantitative estimate of drug-likeness (QED) is 0.328. The van der Waals surface area contributed by atoms with Crippen LogP contribution in [0.3, 0.4) is 0 Å². The third kappa shape index (κ3) is 7.48. The van der Waals surface area contributed by atoms with Gasteiger partial charge < -0.3 is 20.0 Å². The van der Waals surface area contributed by atoms with E-state index in [1.807, 2.05) is 6.07 Å². The molecule has 198 valence electrons. The first-order chi connectivity index (χ1) is 17.6. The molecule has 2 atom stereocenters. The zero-order chi connectivity index (χ0) is 26.6. The molecule has 1 amide bonds. The molecule has 1 N–H and O–H groups in total. The monoisotopic (exact) mass is 528 g/mol. The SMILES string of the molecule is O=C(N[C@H](c1cn2ncc(C(CC(F)F)C(=O)[O-])cc2n1)C1CCC(F)(F)CC1)OCc1ccccc1.[Li+]. The molecule has 1 aliphatic rings. The van der Waals surface area contributed by atoms with Crippen LogP contribution in [0.5, 0.6) is 0 Å². The largest absolute Gasteiger partial charge is 1.00 e. The summed E-state index contributed by atoms with van der Waals surface area (Å²) in [6.07, 6.45) is -2.37. The molecule has 4 rings (SSSR count). The number of rotatable bonds is 9. The fraction of sp³-hybridized carbons (Fsp3) is 0.440. The number of alkyl halides is 4. The van der Waals surface area contributed by atoms with E-state index in [0.717, 1.165) is 11.8 Å². The number of amides is 1. The summed E-state index contributed by atoms with van der Waals surface area (Å²) in [5.74, 6) is -6.40. The first-order valence-electron chi connectivity index (χ1n) is 11.8. The van der Waals surface area contributed by atoms with Crippen molar-refractivity contribution in [2.45, 2.75) is 63.0 Å². The Kier molecular flexibility index (Phi) is 9.79. The van der Waals surface area contributed by atoms with Crippen LogP contribution in [0.15, 0.2) is 48.8 Å². The van der Waals surface area contributed by atoms with Crippen LogP contribution in [-0.4, -0.2) is 39.0 Å². The molecule has 1 aromatic carbocycles. The number of carbonyl (C=O) groups excluding carboxylic acids is 2. The Morgan fingerprint density at radius 1 is 1.18 bits per heavy atom. The smallest absolute Gasteiger partial charge is 0.549 e. The number of hydrogen-bond donors (Lipinski definition) is 1. The number of imidazole rings is 1. The van der Waals surface area contributed by atoms with Crippen LogP contribution in [0, 0.1) is 5.92 Å². The first-order valence-corrected chi connectivity index (χ1v) is 11.8. The second-order valence-corrected chi connectivity index (χ2v) is 9.13. The van der Waals surface area contributed by atoms with Crippen LogP contribution in [-0.2, 0) is 16.1 Å².